The van der Waals surface area contributed by atoms with E-state index in [2.05, 4.69) is 15.5 Å². The van der Waals surface area contributed by atoms with Crippen molar-refractivity contribution in [2.45, 2.75) is 12.8 Å². The van der Waals surface area contributed by atoms with Gasteiger partial charge < -0.3 is 14.6 Å². The maximum absolute atomic E-state index is 5.26. The molecule has 1 aliphatic heterocycles. The predicted molar refractivity (Wildman–Crippen MR) is 46.5 cm³/mol. The molecular weight excluding hydrogens is 170 g/mol. The first-order chi connectivity index (χ1) is 6.38. The van der Waals surface area contributed by atoms with E-state index in [1.54, 1.807) is 7.05 Å². The first kappa shape index (κ1) is 8.50. The zero-order chi connectivity index (χ0) is 9.10. The number of nitrogens with zero attached hydrogens (tertiary/aromatic N) is 2. The minimum Gasteiger partial charge on any atom is -0.381 e. The van der Waals surface area contributed by atoms with Gasteiger partial charge in [-0.05, 0) is 12.3 Å². The lowest BCUT2D eigenvalue weighted by molar-refractivity contribution is 0.185. The molecule has 5 heteroatoms. The van der Waals surface area contributed by atoms with Gasteiger partial charge in [0.2, 0.25) is 0 Å². The molecule has 72 valence electrons. The van der Waals surface area contributed by atoms with Crippen molar-refractivity contribution in [1.82, 2.24) is 10.1 Å². The van der Waals surface area contributed by atoms with E-state index in [0.29, 0.717) is 11.9 Å². The van der Waals surface area contributed by atoms with Gasteiger partial charge in [0.1, 0.15) is 0 Å². The highest BCUT2D eigenvalue weighted by Gasteiger charge is 2.18. The van der Waals surface area contributed by atoms with E-state index in [1.807, 2.05) is 0 Å². The Hall–Kier alpha value is -1.10. The fraction of sp³-hybridized carbons (Fsp3) is 0.750. The Labute approximate surface area is 76.5 Å². The van der Waals surface area contributed by atoms with Crippen molar-refractivity contribution < 1.29 is 9.26 Å². The molecule has 5 nitrogen and oxygen atoms in total. The minimum atomic E-state index is 0.480. The molecule has 1 aliphatic rings. The van der Waals surface area contributed by atoms with Crippen LogP contribution < -0.4 is 5.32 Å². The Morgan fingerprint density at radius 3 is 3.15 bits per heavy atom. The number of ether oxygens (including phenoxy) is 1. The third kappa shape index (κ3) is 1.98. The van der Waals surface area contributed by atoms with Crippen LogP contribution in [0.4, 0.5) is 6.01 Å². The lowest BCUT2D eigenvalue weighted by atomic mass is 10.1. The monoisotopic (exact) mass is 183 g/mol. The van der Waals surface area contributed by atoms with Gasteiger partial charge in [-0.25, -0.2) is 0 Å². The Morgan fingerprint density at radius 2 is 2.54 bits per heavy atom. The van der Waals surface area contributed by atoms with Crippen LogP contribution in [0, 0.1) is 5.92 Å². The normalized spacial score (nSPS) is 22.1. The lowest BCUT2D eigenvalue weighted by Crippen LogP contribution is -2.04. The third-order valence-corrected chi connectivity index (χ3v) is 2.18. The van der Waals surface area contributed by atoms with E-state index >= 15 is 0 Å². The van der Waals surface area contributed by atoms with E-state index in [4.69, 9.17) is 9.26 Å². The SMILES string of the molecule is CNc1nc(CC2CCOC2)no1. The summed E-state index contributed by atoms with van der Waals surface area (Å²) in [7, 11) is 1.76. The van der Waals surface area contributed by atoms with Gasteiger partial charge in [-0.2, -0.15) is 4.98 Å². The van der Waals surface area contributed by atoms with E-state index in [0.717, 1.165) is 31.9 Å². The van der Waals surface area contributed by atoms with E-state index < -0.39 is 0 Å². The summed E-state index contributed by atoms with van der Waals surface area (Å²) in [4.78, 5) is 4.15. The summed E-state index contributed by atoms with van der Waals surface area (Å²) in [5.41, 5.74) is 0. The maximum atomic E-state index is 5.26. The molecule has 1 N–H and O–H groups in total. The fourth-order valence-electron chi connectivity index (χ4n) is 1.44. The molecular formula is C8H13N3O2. The van der Waals surface area contributed by atoms with Crippen molar-refractivity contribution in [2.24, 2.45) is 5.92 Å². The largest absolute Gasteiger partial charge is 0.381 e. The van der Waals surface area contributed by atoms with Crippen LogP contribution in [0.2, 0.25) is 0 Å². The highest BCUT2D eigenvalue weighted by atomic mass is 16.5. The molecule has 1 fully saturated rings. The molecule has 0 bridgehead atoms. The van der Waals surface area contributed by atoms with Crippen LogP contribution in [-0.4, -0.2) is 30.4 Å². The molecule has 0 amide bonds. The van der Waals surface area contributed by atoms with Gasteiger partial charge in [0, 0.05) is 26.7 Å². The summed E-state index contributed by atoms with van der Waals surface area (Å²) in [5.74, 6) is 1.32. The molecule has 1 saturated heterocycles. The Morgan fingerprint density at radius 1 is 1.62 bits per heavy atom. The Kier molecular flexibility index (Phi) is 2.44. The Bertz CT molecular complexity index is 268. The van der Waals surface area contributed by atoms with E-state index in [1.165, 1.54) is 0 Å². The molecule has 1 unspecified atom stereocenters. The minimum absolute atomic E-state index is 0.480. The van der Waals surface area contributed by atoms with Crippen molar-refractivity contribution in [3.8, 4) is 0 Å². The Balaban J connectivity index is 1.92. The van der Waals surface area contributed by atoms with Gasteiger partial charge in [-0.1, -0.05) is 5.16 Å². The molecule has 1 aromatic rings. The molecule has 0 aliphatic carbocycles. The van der Waals surface area contributed by atoms with Gasteiger partial charge >= 0.3 is 6.01 Å². The molecule has 0 aromatic carbocycles. The third-order valence-electron chi connectivity index (χ3n) is 2.18. The number of hydrogen-bond donors (Lipinski definition) is 1. The van der Waals surface area contributed by atoms with Crippen LogP contribution in [0.5, 0.6) is 0 Å². The first-order valence-corrected chi connectivity index (χ1v) is 4.46. The summed E-state index contributed by atoms with van der Waals surface area (Å²) in [5, 5.41) is 6.65. The van der Waals surface area contributed by atoms with Crippen LogP contribution in [0.15, 0.2) is 4.52 Å². The number of aromatic nitrogens is 2. The number of nitrogens with one attached hydrogen (secondary N) is 1. The van der Waals surface area contributed by atoms with Crippen LogP contribution >= 0.6 is 0 Å². The highest BCUT2D eigenvalue weighted by Crippen LogP contribution is 2.17. The zero-order valence-corrected chi connectivity index (χ0v) is 7.62. The van der Waals surface area contributed by atoms with Gasteiger partial charge in [-0.15, -0.1) is 0 Å². The molecule has 2 heterocycles. The molecule has 1 aromatic heterocycles. The van der Waals surface area contributed by atoms with Gasteiger partial charge in [0.15, 0.2) is 5.82 Å². The summed E-state index contributed by atoms with van der Waals surface area (Å²) in [6.45, 7) is 1.69. The number of hydrogen-bond acceptors (Lipinski definition) is 5. The highest BCUT2D eigenvalue weighted by molar-refractivity contribution is 5.15. The second kappa shape index (κ2) is 3.74. The van der Waals surface area contributed by atoms with E-state index in [9.17, 15) is 0 Å². The second-order valence-corrected chi connectivity index (χ2v) is 3.20. The fourth-order valence-corrected chi connectivity index (χ4v) is 1.44. The van der Waals surface area contributed by atoms with Crippen LogP contribution in [-0.2, 0) is 11.2 Å². The molecule has 13 heavy (non-hydrogen) atoms. The second-order valence-electron chi connectivity index (χ2n) is 3.20. The van der Waals surface area contributed by atoms with E-state index in [-0.39, 0.29) is 0 Å². The summed E-state index contributed by atoms with van der Waals surface area (Å²) >= 11 is 0. The van der Waals surface area contributed by atoms with Crippen molar-refractivity contribution in [1.29, 1.82) is 0 Å². The number of rotatable bonds is 3. The van der Waals surface area contributed by atoms with Crippen LogP contribution in [0.25, 0.3) is 0 Å². The quantitative estimate of drug-likeness (QED) is 0.747. The summed E-state index contributed by atoms with van der Waals surface area (Å²) < 4.78 is 10.2. The smallest absolute Gasteiger partial charge is 0.321 e. The van der Waals surface area contributed by atoms with Crippen molar-refractivity contribution in [3.05, 3.63) is 5.82 Å². The molecule has 0 spiro atoms. The molecule has 0 radical (unpaired) electrons. The van der Waals surface area contributed by atoms with Crippen molar-refractivity contribution in [2.75, 3.05) is 25.6 Å². The zero-order valence-electron chi connectivity index (χ0n) is 7.62. The average Bonchev–Trinajstić information content (AvgIpc) is 2.76. The molecule has 1 atom stereocenters. The maximum Gasteiger partial charge on any atom is 0.321 e. The standard InChI is InChI=1S/C8H13N3O2/c1-9-8-10-7(11-13-8)4-6-2-3-12-5-6/h6H,2-5H2,1H3,(H,9,10,11). The average molecular weight is 183 g/mol. The summed E-state index contributed by atoms with van der Waals surface area (Å²) in [6, 6.07) is 0.480. The predicted octanol–water partition coefficient (Wildman–Crippen LogP) is 0.690. The van der Waals surface area contributed by atoms with Gasteiger partial charge in [-0.3, -0.25) is 0 Å². The summed E-state index contributed by atoms with van der Waals surface area (Å²) in [6.07, 6.45) is 1.95. The number of anilines is 1. The van der Waals surface area contributed by atoms with Crippen LogP contribution in [0.3, 0.4) is 0 Å². The molecule has 0 saturated carbocycles. The van der Waals surface area contributed by atoms with Crippen LogP contribution in [0.1, 0.15) is 12.2 Å². The van der Waals surface area contributed by atoms with Gasteiger partial charge in [0.05, 0.1) is 0 Å². The first-order valence-electron chi connectivity index (χ1n) is 4.46. The van der Waals surface area contributed by atoms with Crippen molar-refractivity contribution >= 4 is 6.01 Å². The topological polar surface area (TPSA) is 60.2 Å². The van der Waals surface area contributed by atoms with Gasteiger partial charge in [0.25, 0.3) is 0 Å². The van der Waals surface area contributed by atoms with Crippen molar-refractivity contribution in [3.63, 3.8) is 0 Å². The lowest BCUT2D eigenvalue weighted by Gasteiger charge is -2.00. The molecule has 2 rings (SSSR count).